The minimum absolute atomic E-state index is 0.00671. The predicted octanol–water partition coefficient (Wildman–Crippen LogP) is 11.0. The molecule has 0 aliphatic carbocycles. The Kier molecular flexibility index (Phi) is 4.04. The highest BCUT2D eigenvalue weighted by Crippen LogP contribution is 2.39. The summed E-state index contributed by atoms with van der Waals surface area (Å²) in [6.07, 6.45) is 0. The normalized spacial score (nSPS) is 14.7. The molecule has 5 nitrogen and oxygen atoms in total. The van der Waals surface area contributed by atoms with Crippen LogP contribution in [-0.4, -0.2) is 19.5 Å². The summed E-state index contributed by atoms with van der Waals surface area (Å²) in [4.78, 5) is 14.7. The van der Waals surface area contributed by atoms with Crippen molar-refractivity contribution in [3.63, 3.8) is 0 Å². The summed E-state index contributed by atoms with van der Waals surface area (Å²) in [7, 11) is 0. The van der Waals surface area contributed by atoms with Gasteiger partial charge in [0.2, 0.25) is 0 Å². The van der Waals surface area contributed by atoms with Crippen molar-refractivity contribution >= 4 is 54.5 Å². The fraction of sp³-hybridized carbons (Fsp3) is 0. The largest absolute Gasteiger partial charge is 0.456 e. The molecular formula is C43H26N4O. The second-order valence-electron chi connectivity index (χ2n) is 11.3. The van der Waals surface area contributed by atoms with Gasteiger partial charge in [-0.2, -0.15) is 0 Å². The summed E-state index contributed by atoms with van der Waals surface area (Å²) in [6.45, 7) is 0. The van der Waals surface area contributed by atoms with Crippen LogP contribution < -0.4 is 0 Å². The van der Waals surface area contributed by atoms with Crippen LogP contribution in [0.4, 0.5) is 0 Å². The summed E-state index contributed by atoms with van der Waals surface area (Å²) in [5.41, 5.74) is 3.54. The highest BCUT2D eigenvalue weighted by molar-refractivity contribution is 6.15. The van der Waals surface area contributed by atoms with Gasteiger partial charge < -0.3 is 8.98 Å². The van der Waals surface area contributed by atoms with Crippen molar-refractivity contribution in [1.82, 2.24) is 19.5 Å². The van der Waals surface area contributed by atoms with Crippen molar-refractivity contribution in [3.8, 4) is 39.9 Å². The van der Waals surface area contributed by atoms with Crippen LogP contribution >= 0.6 is 0 Å². The Morgan fingerprint density at radius 1 is 0.521 bits per heavy atom. The third-order valence-corrected chi connectivity index (χ3v) is 8.46. The molecule has 0 aliphatic heterocycles. The maximum Gasteiger partial charge on any atom is 0.164 e. The quantitative estimate of drug-likeness (QED) is 0.195. The number of nitrogens with zero attached hydrogens (tertiary/aromatic N) is 4. The number of rotatable bonds is 4. The molecular weight excluding hydrogens is 589 g/mol. The first kappa shape index (κ1) is 18.5. The molecule has 0 saturated carbocycles. The van der Waals surface area contributed by atoms with Crippen LogP contribution in [0.5, 0.6) is 0 Å². The molecule has 0 amide bonds. The van der Waals surface area contributed by atoms with E-state index in [1.165, 1.54) is 4.57 Å². The van der Waals surface area contributed by atoms with Gasteiger partial charge in [-0.3, -0.25) is 0 Å². The van der Waals surface area contributed by atoms with Gasteiger partial charge in [-0.25, -0.2) is 15.0 Å². The number of benzene rings is 7. The van der Waals surface area contributed by atoms with Gasteiger partial charge in [0.1, 0.15) is 11.2 Å². The number of aromatic nitrogens is 4. The predicted molar refractivity (Wildman–Crippen MR) is 195 cm³/mol. The molecule has 0 radical (unpaired) electrons. The lowest BCUT2D eigenvalue weighted by molar-refractivity contribution is 0.668. The summed E-state index contributed by atoms with van der Waals surface area (Å²) in [5.74, 6) is 1.40. The molecule has 224 valence electrons. The second-order valence-corrected chi connectivity index (χ2v) is 11.3. The highest BCUT2D eigenvalue weighted by Gasteiger charge is 2.19. The third kappa shape index (κ3) is 4.15. The molecule has 0 fully saturated rings. The zero-order valence-electron chi connectivity index (χ0n) is 34.9. The second kappa shape index (κ2) is 10.5. The zero-order valence-corrected chi connectivity index (χ0v) is 24.9. The van der Waals surface area contributed by atoms with Crippen LogP contribution in [0.15, 0.2) is 162 Å². The molecule has 5 heteroatoms. The Bertz CT molecular complexity index is 3350. The van der Waals surface area contributed by atoms with Crippen LogP contribution in [0.1, 0.15) is 13.7 Å². The van der Waals surface area contributed by atoms with Crippen LogP contribution in [-0.2, 0) is 0 Å². The standard InChI is InChI=1S/C43H26N4O/c1-3-12-27(13-4-1)41-44-42(28-14-5-2-6-15-28)46-43(45-41)34-19-11-21-38-40(34)33-23-22-31(26-39(33)48-38)47-36-20-10-9-18-32(36)35-24-29-16-7-8-17-30(29)25-37(35)47/h1-26H/i7D,8D,9D,10D,16D,17D,18D,20D,24D,25D. The van der Waals surface area contributed by atoms with Crippen molar-refractivity contribution < 1.29 is 18.1 Å². The first-order valence-corrected chi connectivity index (χ1v) is 15.2. The van der Waals surface area contributed by atoms with E-state index in [-0.39, 0.29) is 44.7 Å². The smallest absolute Gasteiger partial charge is 0.164 e. The van der Waals surface area contributed by atoms with E-state index in [2.05, 4.69) is 0 Å². The average molecular weight is 625 g/mol. The van der Waals surface area contributed by atoms with Crippen molar-refractivity contribution in [1.29, 1.82) is 0 Å². The molecule has 0 aliphatic rings. The fourth-order valence-electron chi connectivity index (χ4n) is 6.31. The van der Waals surface area contributed by atoms with Crippen LogP contribution in [0, 0.1) is 0 Å². The number of hydrogen-bond acceptors (Lipinski definition) is 4. The Morgan fingerprint density at radius 3 is 1.94 bits per heavy atom. The van der Waals surface area contributed by atoms with E-state index < -0.39 is 48.3 Å². The van der Waals surface area contributed by atoms with Gasteiger partial charge in [-0.1, -0.05) is 115 Å². The van der Waals surface area contributed by atoms with E-state index in [0.29, 0.717) is 50.7 Å². The van der Waals surface area contributed by atoms with Crippen molar-refractivity contribution in [2.24, 2.45) is 0 Å². The monoisotopic (exact) mass is 624 g/mol. The molecule has 0 unspecified atom stereocenters. The van der Waals surface area contributed by atoms with E-state index >= 15 is 0 Å². The molecule has 7 aromatic carbocycles. The summed E-state index contributed by atoms with van der Waals surface area (Å²) in [5, 5.41) is 0.925. The van der Waals surface area contributed by atoms with Crippen molar-refractivity contribution in [3.05, 3.63) is 157 Å². The maximum atomic E-state index is 9.43. The first-order valence-electron chi connectivity index (χ1n) is 20.2. The molecule has 3 aromatic heterocycles. The lowest BCUT2D eigenvalue weighted by Gasteiger charge is -2.09. The van der Waals surface area contributed by atoms with Crippen LogP contribution in [0.3, 0.4) is 0 Å². The average Bonchev–Trinajstić information content (AvgIpc) is 3.82. The molecule has 3 heterocycles. The Hall–Kier alpha value is -6.59. The number of fused-ring (bicyclic) bond motifs is 7. The van der Waals surface area contributed by atoms with Gasteiger partial charge in [0.25, 0.3) is 0 Å². The van der Waals surface area contributed by atoms with E-state index in [1.54, 1.807) is 18.2 Å². The number of furan rings is 1. The van der Waals surface area contributed by atoms with Crippen molar-refractivity contribution in [2.75, 3.05) is 0 Å². The van der Waals surface area contributed by atoms with Crippen molar-refractivity contribution in [2.45, 2.75) is 0 Å². The minimum atomic E-state index is -0.574. The minimum Gasteiger partial charge on any atom is -0.456 e. The summed E-state index contributed by atoms with van der Waals surface area (Å²) in [6, 6.07) is 25.2. The van der Waals surface area contributed by atoms with E-state index in [0.717, 1.165) is 11.1 Å². The molecule has 0 N–H and O–H groups in total. The molecule has 0 bridgehead atoms. The molecule has 0 spiro atoms. The van der Waals surface area contributed by atoms with Gasteiger partial charge in [-0.15, -0.1) is 0 Å². The van der Waals surface area contributed by atoms with Gasteiger partial charge in [0.15, 0.2) is 17.5 Å². The third-order valence-electron chi connectivity index (χ3n) is 8.46. The Labute approximate surface area is 289 Å². The number of hydrogen-bond donors (Lipinski definition) is 0. The molecule has 10 rings (SSSR count). The maximum absolute atomic E-state index is 9.43. The van der Waals surface area contributed by atoms with Gasteiger partial charge in [0.05, 0.1) is 24.7 Å². The first-order chi connectivity index (χ1) is 28.0. The van der Waals surface area contributed by atoms with Gasteiger partial charge in [-0.05, 0) is 47.1 Å². The zero-order chi connectivity index (χ0) is 40.3. The summed E-state index contributed by atoms with van der Waals surface area (Å²) >= 11 is 0. The van der Waals surface area contributed by atoms with E-state index in [1.807, 2.05) is 78.9 Å². The lowest BCUT2D eigenvalue weighted by Crippen LogP contribution is -2.00. The van der Waals surface area contributed by atoms with E-state index in [9.17, 15) is 2.74 Å². The fourth-order valence-corrected chi connectivity index (χ4v) is 6.31. The molecule has 48 heavy (non-hydrogen) atoms. The lowest BCUT2D eigenvalue weighted by atomic mass is 10.0. The molecule has 10 aromatic rings. The highest BCUT2D eigenvalue weighted by atomic mass is 16.3. The van der Waals surface area contributed by atoms with Crippen LogP contribution in [0.25, 0.3) is 94.4 Å². The molecule has 0 atom stereocenters. The Morgan fingerprint density at radius 2 is 1.19 bits per heavy atom. The topological polar surface area (TPSA) is 56.7 Å². The van der Waals surface area contributed by atoms with Crippen LogP contribution in [0.2, 0.25) is 0 Å². The Balaban J connectivity index is 1.27. The van der Waals surface area contributed by atoms with Gasteiger partial charge in [0, 0.05) is 50.0 Å². The molecule has 0 saturated heterocycles. The van der Waals surface area contributed by atoms with Gasteiger partial charge >= 0.3 is 0 Å². The summed E-state index contributed by atoms with van der Waals surface area (Å²) < 4.78 is 95.7. The SMILES string of the molecule is [2H]c1c([2H])c([2H])c2c([2H])c3c(c([2H])c2c1[2H])c1c([2H])c([2H])c([2H])c([2H])c1n3-c1ccc2c(c1)oc1cccc(-c3nc(-c4ccccc4)nc(-c4ccccc4)n3)c12. The van der Waals surface area contributed by atoms with E-state index in [4.69, 9.17) is 30.3 Å². The number of para-hydroxylation sites is 1.